The van der Waals surface area contributed by atoms with Crippen LogP contribution in [-0.2, 0) is 0 Å². The highest BCUT2D eigenvalue weighted by atomic mass is 16.3. The lowest BCUT2D eigenvalue weighted by atomic mass is 9.97. The predicted molar refractivity (Wildman–Crippen MR) is 102 cm³/mol. The highest BCUT2D eigenvalue weighted by molar-refractivity contribution is 5.99. The Morgan fingerprint density at radius 2 is 1.69 bits per heavy atom. The van der Waals surface area contributed by atoms with Crippen LogP contribution in [0.4, 0.5) is 0 Å². The summed E-state index contributed by atoms with van der Waals surface area (Å²) < 4.78 is 5.91. The number of aryl methyl sites for hydroxylation is 2. The van der Waals surface area contributed by atoms with Crippen LogP contribution < -0.4 is 5.43 Å². The number of rotatable bonds is 3. The van der Waals surface area contributed by atoms with Crippen LogP contribution in [-0.4, -0.2) is 17.4 Å². The maximum Gasteiger partial charge on any atom is 0.290 e. The molecule has 2 aromatic carbocycles. The molecule has 0 saturated carbocycles. The zero-order valence-corrected chi connectivity index (χ0v) is 15.2. The zero-order valence-electron chi connectivity index (χ0n) is 15.2. The summed E-state index contributed by atoms with van der Waals surface area (Å²) in [5, 5.41) is 0.534. The van der Waals surface area contributed by atoms with Gasteiger partial charge < -0.3 is 9.32 Å². The molecular formula is C22H21NO3. The fourth-order valence-corrected chi connectivity index (χ4v) is 3.70. The van der Waals surface area contributed by atoms with Crippen molar-refractivity contribution in [2.75, 3.05) is 6.54 Å². The number of hydrogen-bond acceptors (Lipinski definition) is 3. The van der Waals surface area contributed by atoms with Gasteiger partial charge in [-0.15, -0.1) is 0 Å². The second-order valence-corrected chi connectivity index (χ2v) is 6.99. The molecular weight excluding hydrogens is 326 g/mol. The van der Waals surface area contributed by atoms with Gasteiger partial charge in [0, 0.05) is 6.54 Å². The second kappa shape index (κ2) is 6.13. The quantitative estimate of drug-likeness (QED) is 0.707. The lowest BCUT2D eigenvalue weighted by Crippen LogP contribution is -2.30. The van der Waals surface area contributed by atoms with Gasteiger partial charge >= 0.3 is 0 Å². The normalized spacial score (nSPS) is 16.3. The van der Waals surface area contributed by atoms with E-state index in [1.165, 1.54) is 0 Å². The Morgan fingerprint density at radius 1 is 1.00 bits per heavy atom. The van der Waals surface area contributed by atoms with Gasteiger partial charge in [-0.3, -0.25) is 9.59 Å². The monoisotopic (exact) mass is 347 g/mol. The van der Waals surface area contributed by atoms with Crippen molar-refractivity contribution < 1.29 is 9.21 Å². The van der Waals surface area contributed by atoms with Crippen LogP contribution in [0.5, 0.6) is 0 Å². The molecule has 0 N–H and O–H groups in total. The molecule has 3 aromatic rings. The molecule has 0 aliphatic carbocycles. The summed E-state index contributed by atoms with van der Waals surface area (Å²) in [6.45, 7) is 6.57. The van der Waals surface area contributed by atoms with E-state index in [0.717, 1.165) is 23.1 Å². The van der Waals surface area contributed by atoms with E-state index in [4.69, 9.17) is 4.42 Å². The minimum atomic E-state index is -0.390. The van der Waals surface area contributed by atoms with Crippen LogP contribution in [0.3, 0.4) is 0 Å². The average molecular weight is 347 g/mol. The Balaban J connectivity index is 2.01. The molecule has 1 unspecified atom stereocenters. The van der Waals surface area contributed by atoms with Crippen molar-refractivity contribution in [2.24, 2.45) is 0 Å². The molecule has 4 nitrogen and oxygen atoms in total. The van der Waals surface area contributed by atoms with Crippen molar-refractivity contribution in [3.63, 3.8) is 0 Å². The predicted octanol–water partition coefficient (Wildman–Crippen LogP) is 4.37. The molecule has 1 aliphatic rings. The number of benzene rings is 2. The fraction of sp³-hybridized carbons (Fsp3) is 0.273. The van der Waals surface area contributed by atoms with Crippen LogP contribution in [0.1, 0.15) is 52.2 Å². The molecule has 0 radical (unpaired) electrons. The molecule has 0 bridgehead atoms. The summed E-state index contributed by atoms with van der Waals surface area (Å²) in [5.41, 5.74) is 3.89. The minimum absolute atomic E-state index is 0.109. The first-order valence-electron chi connectivity index (χ1n) is 8.96. The van der Waals surface area contributed by atoms with E-state index < -0.39 is 0 Å². The lowest BCUT2D eigenvalue weighted by molar-refractivity contribution is 0.0728. The maximum absolute atomic E-state index is 13.3. The minimum Gasteiger partial charge on any atom is -0.450 e. The van der Waals surface area contributed by atoms with Gasteiger partial charge in [0.05, 0.1) is 17.0 Å². The van der Waals surface area contributed by atoms with Gasteiger partial charge in [0.25, 0.3) is 5.91 Å². The number of hydrogen-bond donors (Lipinski definition) is 0. The Kier molecular flexibility index (Phi) is 3.91. The van der Waals surface area contributed by atoms with Crippen molar-refractivity contribution in [1.82, 2.24) is 4.90 Å². The molecule has 1 amide bonds. The molecule has 0 fully saturated rings. The lowest BCUT2D eigenvalue weighted by Gasteiger charge is -2.24. The van der Waals surface area contributed by atoms with Crippen LogP contribution in [0, 0.1) is 13.8 Å². The van der Waals surface area contributed by atoms with Gasteiger partial charge in [0.2, 0.25) is 5.76 Å². The molecule has 4 rings (SSSR count). The Labute approximate surface area is 152 Å². The molecule has 132 valence electrons. The summed E-state index contributed by atoms with van der Waals surface area (Å²) in [4.78, 5) is 28.0. The standard InChI is InChI=1S/C22H21NO3/c1-4-11-23-19(15-8-5-13(2)6-9-15)18-20(24)16-12-14(3)7-10-17(16)26-21(18)22(23)25/h5-10,12,19H,4,11H2,1-3H3. The SMILES string of the molecule is CCCN1C(=O)c2oc3ccc(C)cc3c(=O)c2C1c1ccc(C)cc1. The van der Waals surface area contributed by atoms with E-state index in [1.54, 1.807) is 11.0 Å². The van der Waals surface area contributed by atoms with Gasteiger partial charge in [-0.2, -0.15) is 0 Å². The van der Waals surface area contributed by atoms with Crippen LogP contribution >= 0.6 is 0 Å². The van der Waals surface area contributed by atoms with Crippen LogP contribution in [0.2, 0.25) is 0 Å². The van der Waals surface area contributed by atoms with E-state index in [9.17, 15) is 9.59 Å². The van der Waals surface area contributed by atoms with Crippen LogP contribution in [0.25, 0.3) is 11.0 Å². The second-order valence-electron chi connectivity index (χ2n) is 6.99. The number of fused-ring (bicyclic) bond motifs is 2. The van der Waals surface area contributed by atoms with Crippen LogP contribution in [0.15, 0.2) is 51.7 Å². The molecule has 1 aliphatic heterocycles. The van der Waals surface area contributed by atoms with Crippen molar-refractivity contribution in [2.45, 2.75) is 33.2 Å². The van der Waals surface area contributed by atoms with Gasteiger partial charge in [0.1, 0.15) is 5.58 Å². The Hall–Kier alpha value is -2.88. The molecule has 26 heavy (non-hydrogen) atoms. The number of nitrogens with zero attached hydrogens (tertiary/aromatic N) is 1. The third kappa shape index (κ3) is 2.45. The van der Waals surface area contributed by atoms with Crippen molar-refractivity contribution in [3.05, 3.63) is 80.7 Å². The topological polar surface area (TPSA) is 50.5 Å². The number of amides is 1. The molecule has 0 spiro atoms. The summed E-state index contributed by atoms with van der Waals surface area (Å²) in [5.74, 6) is -0.0163. The smallest absolute Gasteiger partial charge is 0.290 e. The molecule has 1 atom stereocenters. The number of carbonyl (C=O) groups excluding carboxylic acids is 1. The molecule has 2 heterocycles. The first-order chi connectivity index (χ1) is 12.5. The summed E-state index contributed by atoms with van der Waals surface area (Å²) in [6.07, 6.45) is 0.814. The van der Waals surface area contributed by atoms with Crippen molar-refractivity contribution in [1.29, 1.82) is 0 Å². The highest BCUT2D eigenvalue weighted by Crippen LogP contribution is 2.38. The van der Waals surface area contributed by atoms with E-state index >= 15 is 0 Å². The first-order valence-corrected chi connectivity index (χ1v) is 8.96. The largest absolute Gasteiger partial charge is 0.450 e. The van der Waals surface area contributed by atoms with Gasteiger partial charge in [-0.1, -0.05) is 48.4 Å². The maximum atomic E-state index is 13.3. The summed E-state index contributed by atoms with van der Waals surface area (Å²) in [7, 11) is 0. The molecule has 0 saturated heterocycles. The van der Waals surface area contributed by atoms with Gasteiger partial charge in [0.15, 0.2) is 5.43 Å². The zero-order chi connectivity index (χ0) is 18.4. The Morgan fingerprint density at radius 3 is 2.38 bits per heavy atom. The van der Waals surface area contributed by atoms with Crippen molar-refractivity contribution in [3.8, 4) is 0 Å². The molecule has 4 heteroatoms. The highest BCUT2D eigenvalue weighted by Gasteiger charge is 2.42. The van der Waals surface area contributed by atoms with Gasteiger partial charge in [-0.05, 0) is 38.0 Å². The third-order valence-electron chi connectivity index (χ3n) is 4.98. The number of carbonyl (C=O) groups is 1. The van der Waals surface area contributed by atoms with E-state index in [2.05, 4.69) is 0 Å². The van der Waals surface area contributed by atoms with Gasteiger partial charge in [-0.25, -0.2) is 0 Å². The van der Waals surface area contributed by atoms with Crippen molar-refractivity contribution >= 4 is 16.9 Å². The third-order valence-corrected chi connectivity index (χ3v) is 4.98. The Bertz CT molecular complexity index is 1060. The average Bonchev–Trinajstić information content (AvgIpc) is 2.90. The first kappa shape index (κ1) is 16.6. The summed E-state index contributed by atoms with van der Waals surface area (Å²) >= 11 is 0. The van der Waals surface area contributed by atoms with E-state index in [1.807, 2.05) is 57.2 Å². The fourth-order valence-electron chi connectivity index (χ4n) is 3.70. The van der Waals surface area contributed by atoms with E-state index in [0.29, 0.717) is 23.1 Å². The summed E-state index contributed by atoms with van der Waals surface area (Å²) in [6, 6.07) is 13.1. The molecule has 1 aromatic heterocycles. The van der Waals surface area contributed by atoms with E-state index in [-0.39, 0.29) is 23.1 Å².